The molecule has 0 saturated carbocycles. The van der Waals surface area contributed by atoms with Gasteiger partial charge in [-0.15, -0.1) is 12.4 Å². The lowest BCUT2D eigenvalue weighted by Crippen LogP contribution is -2.23. The van der Waals surface area contributed by atoms with Crippen molar-refractivity contribution in [1.29, 1.82) is 0 Å². The molecule has 0 aliphatic rings. The van der Waals surface area contributed by atoms with E-state index in [9.17, 15) is 4.79 Å². The van der Waals surface area contributed by atoms with Gasteiger partial charge in [-0.05, 0) is 30.7 Å². The lowest BCUT2D eigenvalue weighted by molar-refractivity contribution is 0.0916. The predicted octanol–water partition coefficient (Wildman–Crippen LogP) is 6.97. The van der Waals surface area contributed by atoms with Crippen molar-refractivity contribution < 1.29 is 9.53 Å². The minimum atomic E-state index is -0.0542. The summed E-state index contributed by atoms with van der Waals surface area (Å²) in [6, 6.07) is 7.35. The number of Topliss-reactive ketones (excluding diaryl/α,β-unsaturated/α-hetero) is 1. The molecule has 1 aromatic rings. The summed E-state index contributed by atoms with van der Waals surface area (Å²) in [6.07, 6.45) is 16.9. The lowest BCUT2D eigenvalue weighted by atomic mass is 9.92. The van der Waals surface area contributed by atoms with Crippen LogP contribution in [0.3, 0.4) is 0 Å². The molecule has 1 aromatic carbocycles. The van der Waals surface area contributed by atoms with E-state index >= 15 is 0 Å². The molecule has 28 heavy (non-hydrogen) atoms. The fourth-order valence-electron chi connectivity index (χ4n) is 3.58. The highest BCUT2D eigenvalue weighted by Gasteiger charge is 2.18. The molecule has 0 spiro atoms. The van der Waals surface area contributed by atoms with Crippen LogP contribution >= 0.6 is 12.4 Å². The van der Waals surface area contributed by atoms with Crippen molar-refractivity contribution in [3.8, 4) is 5.75 Å². The predicted molar refractivity (Wildman–Crippen MR) is 123 cm³/mol. The molecule has 162 valence electrons. The number of carbonyl (C=O) groups excluding carboxylic acids is 1. The van der Waals surface area contributed by atoms with Gasteiger partial charge in [-0.1, -0.05) is 84.0 Å². The number of ether oxygens (including phenoxy) is 1. The standard InChI is InChI=1S/C24H41NO2.ClH/c1-3-4-5-6-7-8-9-10-11-12-13-14-15-22(20-25)24(26)21-16-18-23(27-2)19-17-21;/h16-19,22H,3-15,20,25H2,1-2H3;1H. The molecule has 0 bridgehead atoms. The third-order valence-electron chi connectivity index (χ3n) is 5.44. The van der Waals surface area contributed by atoms with Crippen LogP contribution < -0.4 is 10.5 Å². The summed E-state index contributed by atoms with van der Waals surface area (Å²) < 4.78 is 5.15. The normalized spacial score (nSPS) is 11.7. The monoisotopic (exact) mass is 411 g/mol. The first kappa shape index (κ1) is 26.9. The smallest absolute Gasteiger partial charge is 0.167 e. The first-order valence-electron chi connectivity index (χ1n) is 11.1. The maximum absolute atomic E-state index is 12.6. The summed E-state index contributed by atoms with van der Waals surface area (Å²) in [5.41, 5.74) is 6.60. The van der Waals surface area contributed by atoms with Crippen molar-refractivity contribution in [3.63, 3.8) is 0 Å². The molecule has 4 heteroatoms. The molecular weight excluding hydrogens is 370 g/mol. The molecule has 2 N–H and O–H groups in total. The summed E-state index contributed by atoms with van der Waals surface area (Å²) in [5, 5.41) is 0. The minimum absolute atomic E-state index is 0. The molecule has 3 nitrogen and oxygen atoms in total. The minimum Gasteiger partial charge on any atom is -0.497 e. The van der Waals surface area contributed by atoms with E-state index < -0.39 is 0 Å². The van der Waals surface area contributed by atoms with E-state index in [4.69, 9.17) is 10.5 Å². The SMILES string of the molecule is CCCCCCCCCCCCCCC(CN)C(=O)c1ccc(OC)cc1.Cl. The van der Waals surface area contributed by atoms with Crippen LogP contribution in [0.1, 0.15) is 101 Å². The summed E-state index contributed by atoms with van der Waals surface area (Å²) in [5.74, 6) is 0.890. The Balaban J connectivity index is 0.00000729. The zero-order valence-corrected chi connectivity index (χ0v) is 18.9. The Bertz CT molecular complexity index is 490. The number of hydrogen-bond donors (Lipinski definition) is 1. The number of benzene rings is 1. The highest BCUT2D eigenvalue weighted by Crippen LogP contribution is 2.19. The van der Waals surface area contributed by atoms with Gasteiger partial charge in [0.05, 0.1) is 7.11 Å². The number of methoxy groups -OCH3 is 1. The van der Waals surface area contributed by atoms with E-state index in [0.717, 1.165) is 24.2 Å². The van der Waals surface area contributed by atoms with Gasteiger partial charge in [-0.3, -0.25) is 4.79 Å². The van der Waals surface area contributed by atoms with Gasteiger partial charge in [0.1, 0.15) is 5.75 Å². The number of hydrogen-bond acceptors (Lipinski definition) is 3. The number of nitrogens with two attached hydrogens (primary N) is 1. The van der Waals surface area contributed by atoms with E-state index in [-0.39, 0.29) is 24.1 Å². The van der Waals surface area contributed by atoms with Crippen LogP contribution in [0.25, 0.3) is 0 Å². The zero-order valence-electron chi connectivity index (χ0n) is 18.1. The zero-order chi connectivity index (χ0) is 19.7. The van der Waals surface area contributed by atoms with Crippen molar-refractivity contribution in [2.45, 2.75) is 90.4 Å². The van der Waals surface area contributed by atoms with Gasteiger partial charge in [-0.2, -0.15) is 0 Å². The van der Waals surface area contributed by atoms with Gasteiger partial charge >= 0.3 is 0 Å². The van der Waals surface area contributed by atoms with Crippen molar-refractivity contribution >= 4 is 18.2 Å². The Hall–Kier alpha value is -1.06. The van der Waals surface area contributed by atoms with Crippen molar-refractivity contribution in [2.24, 2.45) is 11.7 Å². The fourth-order valence-corrected chi connectivity index (χ4v) is 3.58. The fraction of sp³-hybridized carbons (Fsp3) is 0.708. The van der Waals surface area contributed by atoms with E-state index in [2.05, 4.69) is 6.92 Å². The second kappa shape index (κ2) is 18.0. The Labute approximate surface area is 179 Å². The quantitative estimate of drug-likeness (QED) is 0.222. The average molecular weight is 412 g/mol. The van der Waals surface area contributed by atoms with Crippen LogP contribution in [0.4, 0.5) is 0 Å². The Morgan fingerprint density at radius 1 is 0.857 bits per heavy atom. The molecule has 0 fully saturated rings. The van der Waals surface area contributed by atoms with E-state index in [1.807, 2.05) is 24.3 Å². The van der Waals surface area contributed by atoms with Gasteiger partial charge in [-0.25, -0.2) is 0 Å². The summed E-state index contributed by atoms with van der Waals surface area (Å²) in [4.78, 5) is 12.6. The molecule has 0 radical (unpaired) electrons. The molecule has 1 atom stereocenters. The van der Waals surface area contributed by atoms with Crippen LogP contribution in [0.2, 0.25) is 0 Å². The molecule has 1 unspecified atom stereocenters. The largest absolute Gasteiger partial charge is 0.497 e. The molecule has 0 heterocycles. The van der Waals surface area contributed by atoms with Crippen molar-refractivity contribution in [1.82, 2.24) is 0 Å². The van der Waals surface area contributed by atoms with Gasteiger partial charge in [0.2, 0.25) is 0 Å². The van der Waals surface area contributed by atoms with Crippen LogP contribution in [-0.2, 0) is 0 Å². The summed E-state index contributed by atoms with van der Waals surface area (Å²) in [7, 11) is 1.63. The van der Waals surface area contributed by atoms with Crippen LogP contribution in [0.15, 0.2) is 24.3 Å². The third-order valence-corrected chi connectivity index (χ3v) is 5.44. The number of halogens is 1. The van der Waals surface area contributed by atoms with E-state index in [1.54, 1.807) is 7.11 Å². The molecule has 1 rings (SSSR count). The highest BCUT2D eigenvalue weighted by atomic mass is 35.5. The molecule has 0 aliphatic heterocycles. The first-order valence-corrected chi connectivity index (χ1v) is 11.1. The molecule has 0 saturated heterocycles. The highest BCUT2D eigenvalue weighted by molar-refractivity contribution is 5.98. The van der Waals surface area contributed by atoms with E-state index in [0.29, 0.717) is 6.54 Å². The Kier molecular flexibility index (Phi) is 17.3. The maximum Gasteiger partial charge on any atom is 0.167 e. The molecular formula is C24H42ClNO2. The second-order valence-corrected chi connectivity index (χ2v) is 7.70. The van der Waals surface area contributed by atoms with Gasteiger partial charge in [0.15, 0.2) is 5.78 Å². The van der Waals surface area contributed by atoms with E-state index in [1.165, 1.54) is 70.6 Å². The molecule has 0 aliphatic carbocycles. The van der Waals surface area contributed by atoms with Crippen molar-refractivity contribution in [2.75, 3.05) is 13.7 Å². The van der Waals surface area contributed by atoms with Crippen LogP contribution in [-0.4, -0.2) is 19.4 Å². The van der Waals surface area contributed by atoms with Gasteiger partial charge in [0, 0.05) is 18.0 Å². The van der Waals surface area contributed by atoms with Crippen molar-refractivity contribution in [3.05, 3.63) is 29.8 Å². The summed E-state index contributed by atoms with van der Waals surface area (Å²) >= 11 is 0. The maximum atomic E-state index is 12.6. The summed E-state index contributed by atoms with van der Waals surface area (Å²) in [6.45, 7) is 2.70. The lowest BCUT2D eigenvalue weighted by Gasteiger charge is -2.14. The van der Waals surface area contributed by atoms with Gasteiger partial charge in [0.25, 0.3) is 0 Å². The number of carbonyl (C=O) groups is 1. The molecule has 0 aromatic heterocycles. The van der Waals surface area contributed by atoms with Gasteiger partial charge < -0.3 is 10.5 Å². The Morgan fingerprint density at radius 3 is 1.75 bits per heavy atom. The van der Waals surface area contributed by atoms with Crippen LogP contribution in [0.5, 0.6) is 5.75 Å². The van der Waals surface area contributed by atoms with Crippen LogP contribution in [0, 0.1) is 5.92 Å². The average Bonchev–Trinajstić information content (AvgIpc) is 2.71. The molecule has 0 amide bonds. The Morgan fingerprint density at radius 2 is 1.32 bits per heavy atom. The first-order chi connectivity index (χ1) is 13.2. The number of rotatable bonds is 17. The third kappa shape index (κ3) is 11.7. The topological polar surface area (TPSA) is 52.3 Å². The number of unbranched alkanes of at least 4 members (excludes halogenated alkanes) is 11. The second-order valence-electron chi connectivity index (χ2n) is 7.70. The number of ketones is 1.